The average Bonchev–Trinajstić information content (AvgIpc) is 3.08. The Hall–Kier alpha value is -2.21. The molecule has 0 atom stereocenters. The van der Waals surface area contributed by atoms with Crippen molar-refractivity contribution in [3.8, 4) is 0 Å². The number of carbonyl (C=O) groups excluding carboxylic acids is 1. The number of nitrogens with zero attached hydrogens (tertiary/aromatic N) is 2. The van der Waals surface area contributed by atoms with Crippen LogP contribution in [0.15, 0.2) is 46.9 Å². The standard InChI is InChI=1S/C17H15BrN2O3/c18-13-5-3-12(4-6-13)17(21)15-11-14(20(22)23)7-8-16(15)19-9-1-2-10-19/h3-8,11H,1-2,9-10H2. The van der Waals surface area contributed by atoms with Gasteiger partial charge in [-0.15, -0.1) is 0 Å². The van der Waals surface area contributed by atoms with Crippen LogP contribution >= 0.6 is 15.9 Å². The highest BCUT2D eigenvalue weighted by molar-refractivity contribution is 9.10. The van der Waals surface area contributed by atoms with Gasteiger partial charge in [0, 0.05) is 40.9 Å². The van der Waals surface area contributed by atoms with E-state index in [1.807, 2.05) is 0 Å². The Balaban J connectivity index is 2.06. The van der Waals surface area contributed by atoms with Gasteiger partial charge in [-0.1, -0.05) is 15.9 Å². The van der Waals surface area contributed by atoms with Crippen LogP contribution in [-0.2, 0) is 0 Å². The van der Waals surface area contributed by atoms with Gasteiger partial charge in [-0.25, -0.2) is 0 Å². The van der Waals surface area contributed by atoms with E-state index in [0.29, 0.717) is 11.1 Å². The first-order chi connectivity index (χ1) is 11.1. The Morgan fingerprint density at radius 3 is 2.35 bits per heavy atom. The molecule has 0 unspecified atom stereocenters. The minimum Gasteiger partial charge on any atom is -0.371 e. The van der Waals surface area contributed by atoms with Gasteiger partial charge in [-0.05, 0) is 43.2 Å². The average molecular weight is 375 g/mol. The first-order valence-electron chi connectivity index (χ1n) is 7.40. The normalized spacial score (nSPS) is 14.0. The molecular formula is C17H15BrN2O3. The molecule has 118 valence electrons. The van der Waals surface area contributed by atoms with Crippen LogP contribution in [0.2, 0.25) is 0 Å². The summed E-state index contributed by atoms with van der Waals surface area (Å²) in [6.45, 7) is 1.75. The number of ketones is 1. The summed E-state index contributed by atoms with van der Waals surface area (Å²) in [5, 5.41) is 11.1. The molecule has 5 nitrogen and oxygen atoms in total. The molecule has 2 aromatic carbocycles. The summed E-state index contributed by atoms with van der Waals surface area (Å²) < 4.78 is 0.882. The van der Waals surface area contributed by atoms with Crippen molar-refractivity contribution in [3.05, 3.63) is 68.2 Å². The fourth-order valence-electron chi connectivity index (χ4n) is 2.81. The van der Waals surface area contributed by atoms with Gasteiger partial charge in [0.1, 0.15) is 0 Å². The van der Waals surface area contributed by atoms with Gasteiger partial charge < -0.3 is 4.90 Å². The summed E-state index contributed by atoms with van der Waals surface area (Å²) in [5.41, 5.74) is 1.63. The molecule has 1 heterocycles. The lowest BCUT2D eigenvalue weighted by Crippen LogP contribution is -2.21. The number of nitro groups is 1. The number of carbonyl (C=O) groups is 1. The minimum atomic E-state index is -0.466. The zero-order valence-electron chi connectivity index (χ0n) is 12.4. The quantitative estimate of drug-likeness (QED) is 0.457. The van der Waals surface area contributed by atoms with Crippen LogP contribution in [0.25, 0.3) is 0 Å². The predicted octanol–water partition coefficient (Wildman–Crippen LogP) is 4.19. The van der Waals surface area contributed by atoms with Gasteiger partial charge >= 0.3 is 0 Å². The maximum Gasteiger partial charge on any atom is 0.270 e. The number of hydrogen-bond acceptors (Lipinski definition) is 4. The Kier molecular flexibility index (Phi) is 4.43. The predicted molar refractivity (Wildman–Crippen MR) is 92.1 cm³/mol. The third-order valence-corrected chi connectivity index (χ3v) is 4.52. The topological polar surface area (TPSA) is 63.4 Å². The van der Waals surface area contributed by atoms with Crippen molar-refractivity contribution < 1.29 is 9.72 Å². The number of benzene rings is 2. The van der Waals surface area contributed by atoms with Crippen molar-refractivity contribution in [2.45, 2.75) is 12.8 Å². The zero-order chi connectivity index (χ0) is 16.4. The van der Waals surface area contributed by atoms with E-state index in [1.165, 1.54) is 12.1 Å². The molecule has 1 saturated heterocycles. The fourth-order valence-corrected chi connectivity index (χ4v) is 3.07. The Morgan fingerprint density at radius 1 is 1.09 bits per heavy atom. The summed E-state index contributed by atoms with van der Waals surface area (Å²) in [6.07, 6.45) is 2.14. The number of rotatable bonds is 4. The van der Waals surface area contributed by atoms with Gasteiger partial charge in [-0.2, -0.15) is 0 Å². The number of hydrogen-bond donors (Lipinski definition) is 0. The number of anilines is 1. The van der Waals surface area contributed by atoms with Crippen LogP contribution in [-0.4, -0.2) is 23.8 Å². The lowest BCUT2D eigenvalue weighted by molar-refractivity contribution is -0.384. The van der Waals surface area contributed by atoms with E-state index in [0.717, 1.165) is 36.1 Å². The third-order valence-electron chi connectivity index (χ3n) is 3.99. The molecule has 1 aliphatic rings. The second kappa shape index (κ2) is 6.50. The van der Waals surface area contributed by atoms with Gasteiger partial charge in [0.15, 0.2) is 5.78 Å². The highest BCUT2D eigenvalue weighted by atomic mass is 79.9. The summed E-state index contributed by atoms with van der Waals surface area (Å²) >= 11 is 3.34. The number of halogens is 1. The first-order valence-corrected chi connectivity index (χ1v) is 8.19. The second-order valence-electron chi connectivity index (χ2n) is 5.49. The van der Waals surface area contributed by atoms with Gasteiger partial charge in [0.25, 0.3) is 5.69 Å². The molecule has 3 rings (SSSR count). The van der Waals surface area contributed by atoms with Crippen LogP contribution < -0.4 is 4.90 Å². The Morgan fingerprint density at radius 2 is 1.74 bits per heavy atom. The molecule has 6 heteroatoms. The molecule has 2 aromatic rings. The van der Waals surface area contributed by atoms with E-state index in [4.69, 9.17) is 0 Å². The molecule has 0 spiro atoms. The summed E-state index contributed by atoms with van der Waals surface area (Å²) in [6, 6.07) is 11.6. The molecule has 0 bridgehead atoms. The summed E-state index contributed by atoms with van der Waals surface area (Å²) in [4.78, 5) is 25.6. The van der Waals surface area contributed by atoms with Gasteiger partial charge in [-0.3, -0.25) is 14.9 Å². The largest absolute Gasteiger partial charge is 0.371 e. The SMILES string of the molecule is O=C(c1ccc(Br)cc1)c1cc([N+](=O)[O-])ccc1N1CCCC1. The molecule has 0 N–H and O–H groups in total. The highest BCUT2D eigenvalue weighted by Gasteiger charge is 2.23. The monoisotopic (exact) mass is 374 g/mol. The maximum absolute atomic E-state index is 12.8. The Labute approximate surface area is 142 Å². The third kappa shape index (κ3) is 3.27. The van der Waals surface area contributed by atoms with Crippen LogP contribution in [0.1, 0.15) is 28.8 Å². The van der Waals surface area contributed by atoms with E-state index in [9.17, 15) is 14.9 Å². The van der Waals surface area contributed by atoms with Crippen molar-refractivity contribution in [2.75, 3.05) is 18.0 Å². The van der Waals surface area contributed by atoms with Crippen molar-refractivity contribution in [1.82, 2.24) is 0 Å². The molecule has 23 heavy (non-hydrogen) atoms. The smallest absolute Gasteiger partial charge is 0.270 e. The van der Waals surface area contributed by atoms with Crippen LogP contribution in [0.3, 0.4) is 0 Å². The highest BCUT2D eigenvalue weighted by Crippen LogP contribution is 2.30. The van der Waals surface area contributed by atoms with E-state index >= 15 is 0 Å². The molecule has 0 saturated carbocycles. The minimum absolute atomic E-state index is 0.0617. The van der Waals surface area contributed by atoms with Crippen LogP contribution in [0.4, 0.5) is 11.4 Å². The van der Waals surface area contributed by atoms with Crippen LogP contribution in [0, 0.1) is 10.1 Å². The molecule has 0 aliphatic carbocycles. The second-order valence-corrected chi connectivity index (χ2v) is 6.40. The van der Waals surface area contributed by atoms with Gasteiger partial charge in [0.05, 0.1) is 10.5 Å². The molecule has 0 radical (unpaired) electrons. The number of nitro benzene ring substituents is 1. The van der Waals surface area contributed by atoms with Crippen molar-refractivity contribution in [3.63, 3.8) is 0 Å². The lowest BCUT2D eigenvalue weighted by atomic mass is 10.0. The van der Waals surface area contributed by atoms with Crippen molar-refractivity contribution in [1.29, 1.82) is 0 Å². The molecule has 1 aliphatic heterocycles. The fraction of sp³-hybridized carbons (Fsp3) is 0.235. The van der Waals surface area contributed by atoms with E-state index < -0.39 is 4.92 Å². The molecule has 0 aromatic heterocycles. The first kappa shape index (κ1) is 15.7. The van der Waals surface area contributed by atoms with Gasteiger partial charge in [0.2, 0.25) is 0 Å². The Bertz CT molecular complexity index is 753. The zero-order valence-corrected chi connectivity index (χ0v) is 14.0. The van der Waals surface area contributed by atoms with Crippen molar-refractivity contribution >= 4 is 33.1 Å². The van der Waals surface area contributed by atoms with E-state index in [1.54, 1.807) is 30.3 Å². The maximum atomic E-state index is 12.8. The summed E-state index contributed by atoms with van der Waals surface area (Å²) in [5.74, 6) is -0.192. The molecule has 1 fully saturated rings. The van der Waals surface area contributed by atoms with E-state index in [-0.39, 0.29) is 11.5 Å². The van der Waals surface area contributed by atoms with Crippen molar-refractivity contribution in [2.24, 2.45) is 0 Å². The molecule has 0 amide bonds. The lowest BCUT2D eigenvalue weighted by Gasteiger charge is -2.20. The number of non-ortho nitro benzene ring substituents is 1. The van der Waals surface area contributed by atoms with E-state index in [2.05, 4.69) is 20.8 Å². The summed E-state index contributed by atoms with van der Waals surface area (Å²) in [7, 11) is 0. The molecular weight excluding hydrogens is 360 g/mol. The van der Waals surface area contributed by atoms with Crippen LogP contribution in [0.5, 0.6) is 0 Å².